The van der Waals surface area contributed by atoms with Crippen molar-refractivity contribution in [2.45, 2.75) is 38.4 Å². The SMILES string of the molecule is C[C@H](N)C(=O)N[C@@H](Cc1cc(Br)c(O)c(Br)c1)C(=O)N[C@@H](C)C(=O)O. The number of phenols is 1. The fourth-order valence-corrected chi connectivity index (χ4v) is 3.14. The normalized spacial score (nSPS) is 14.3. The van der Waals surface area contributed by atoms with Crippen LogP contribution < -0.4 is 16.4 Å². The molecule has 0 unspecified atom stereocenters. The second kappa shape index (κ2) is 9.16. The Kier molecular flexibility index (Phi) is 7.84. The highest BCUT2D eigenvalue weighted by molar-refractivity contribution is 9.11. The number of amides is 2. The molecule has 0 spiro atoms. The minimum Gasteiger partial charge on any atom is -0.506 e. The Morgan fingerprint density at radius 3 is 2.08 bits per heavy atom. The second-order valence-corrected chi connectivity index (χ2v) is 7.24. The van der Waals surface area contributed by atoms with E-state index < -0.39 is 35.9 Å². The molecule has 138 valence electrons. The maximum atomic E-state index is 12.4. The number of phenolic OH excluding ortho intramolecular Hbond substituents is 1. The third-order valence-corrected chi connectivity index (χ3v) is 4.50. The lowest BCUT2D eigenvalue weighted by molar-refractivity contribution is -0.141. The van der Waals surface area contributed by atoms with Crippen LogP contribution in [0.1, 0.15) is 19.4 Å². The van der Waals surface area contributed by atoms with Gasteiger partial charge in [0, 0.05) is 6.42 Å². The molecule has 1 rings (SSSR count). The molecule has 0 aromatic heterocycles. The van der Waals surface area contributed by atoms with Gasteiger partial charge in [-0.25, -0.2) is 0 Å². The summed E-state index contributed by atoms with van der Waals surface area (Å²) in [6.07, 6.45) is 0.0775. The van der Waals surface area contributed by atoms with Gasteiger partial charge >= 0.3 is 5.97 Å². The Morgan fingerprint density at radius 2 is 1.64 bits per heavy atom. The highest BCUT2D eigenvalue weighted by Crippen LogP contribution is 2.33. The van der Waals surface area contributed by atoms with Crippen LogP contribution in [0.25, 0.3) is 0 Å². The molecule has 25 heavy (non-hydrogen) atoms. The number of hydrogen-bond acceptors (Lipinski definition) is 5. The Labute approximate surface area is 161 Å². The first-order valence-corrected chi connectivity index (χ1v) is 8.87. The van der Waals surface area contributed by atoms with E-state index in [-0.39, 0.29) is 12.2 Å². The molecular weight excluding hydrogens is 462 g/mol. The van der Waals surface area contributed by atoms with Crippen molar-refractivity contribution in [1.29, 1.82) is 0 Å². The first-order valence-electron chi connectivity index (χ1n) is 7.29. The smallest absolute Gasteiger partial charge is 0.325 e. The van der Waals surface area contributed by atoms with E-state index in [0.29, 0.717) is 14.5 Å². The monoisotopic (exact) mass is 479 g/mol. The molecule has 1 aromatic carbocycles. The minimum absolute atomic E-state index is 0.00358. The highest BCUT2D eigenvalue weighted by Gasteiger charge is 2.26. The summed E-state index contributed by atoms with van der Waals surface area (Å²) < 4.78 is 0.821. The van der Waals surface area contributed by atoms with Crippen molar-refractivity contribution in [2.75, 3.05) is 0 Å². The molecule has 0 aliphatic rings. The van der Waals surface area contributed by atoms with Crippen molar-refractivity contribution in [3.05, 3.63) is 26.6 Å². The van der Waals surface area contributed by atoms with E-state index in [9.17, 15) is 19.5 Å². The zero-order valence-electron chi connectivity index (χ0n) is 13.5. The number of carbonyl (C=O) groups is 3. The van der Waals surface area contributed by atoms with Gasteiger partial charge in [0.15, 0.2) is 0 Å². The van der Waals surface area contributed by atoms with E-state index in [1.807, 2.05) is 0 Å². The van der Waals surface area contributed by atoms with Gasteiger partial charge < -0.3 is 26.6 Å². The number of halogens is 2. The lowest BCUT2D eigenvalue weighted by atomic mass is 10.0. The zero-order chi connectivity index (χ0) is 19.3. The van der Waals surface area contributed by atoms with Crippen molar-refractivity contribution in [3.63, 3.8) is 0 Å². The first kappa shape index (κ1) is 21.4. The summed E-state index contributed by atoms with van der Waals surface area (Å²) in [6, 6.07) is 0.229. The Morgan fingerprint density at radius 1 is 1.12 bits per heavy atom. The van der Waals surface area contributed by atoms with Crippen molar-refractivity contribution < 1.29 is 24.6 Å². The molecule has 6 N–H and O–H groups in total. The van der Waals surface area contributed by atoms with Crippen LogP contribution in [0.3, 0.4) is 0 Å². The predicted molar refractivity (Wildman–Crippen MR) is 98.0 cm³/mol. The van der Waals surface area contributed by atoms with Crippen molar-refractivity contribution in [1.82, 2.24) is 10.6 Å². The summed E-state index contributed by atoms with van der Waals surface area (Å²) >= 11 is 6.38. The number of carbonyl (C=O) groups excluding carboxylic acids is 2. The van der Waals surface area contributed by atoms with Crippen LogP contribution in [0.5, 0.6) is 5.75 Å². The molecule has 8 nitrogen and oxygen atoms in total. The second-order valence-electron chi connectivity index (χ2n) is 5.53. The summed E-state index contributed by atoms with van der Waals surface area (Å²) in [5, 5.41) is 23.5. The molecule has 0 heterocycles. The van der Waals surface area contributed by atoms with Gasteiger partial charge in [-0.1, -0.05) is 0 Å². The van der Waals surface area contributed by atoms with Crippen LogP contribution in [0.4, 0.5) is 0 Å². The molecular formula is C15H19Br2N3O5. The van der Waals surface area contributed by atoms with E-state index in [1.54, 1.807) is 12.1 Å². The highest BCUT2D eigenvalue weighted by atomic mass is 79.9. The van der Waals surface area contributed by atoms with E-state index >= 15 is 0 Å². The van der Waals surface area contributed by atoms with E-state index in [0.717, 1.165) is 0 Å². The van der Waals surface area contributed by atoms with Gasteiger partial charge in [0.05, 0.1) is 15.0 Å². The number of carboxylic acids is 1. The molecule has 3 atom stereocenters. The van der Waals surface area contributed by atoms with Gasteiger partial charge in [-0.3, -0.25) is 14.4 Å². The van der Waals surface area contributed by atoms with Crippen molar-refractivity contribution in [3.8, 4) is 5.75 Å². The van der Waals surface area contributed by atoms with E-state index in [4.69, 9.17) is 10.8 Å². The fourth-order valence-electron chi connectivity index (χ4n) is 1.86. The number of aromatic hydroxyl groups is 1. The maximum Gasteiger partial charge on any atom is 0.325 e. The molecule has 2 amide bonds. The maximum absolute atomic E-state index is 12.4. The summed E-state index contributed by atoms with van der Waals surface area (Å²) in [5.41, 5.74) is 6.14. The molecule has 10 heteroatoms. The fraction of sp³-hybridized carbons (Fsp3) is 0.400. The van der Waals surface area contributed by atoms with Gasteiger partial charge in [0.1, 0.15) is 17.8 Å². The van der Waals surface area contributed by atoms with Crippen LogP contribution in [0, 0.1) is 0 Å². The summed E-state index contributed by atoms with van der Waals surface area (Å²) in [5.74, 6) is -2.38. The molecule has 0 saturated carbocycles. The zero-order valence-corrected chi connectivity index (χ0v) is 16.7. The van der Waals surface area contributed by atoms with Gasteiger partial charge in [-0.2, -0.15) is 0 Å². The molecule has 0 radical (unpaired) electrons. The van der Waals surface area contributed by atoms with E-state index in [1.165, 1.54) is 13.8 Å². The summed E-state index contributed by atoms with van der Waals surface area (Å²) in [7, 11) is 0. The first-order chi connectivity index (χ1) is 11.5. The average molecular weight is 481 g/mol. The number of rotatable bonds is 7. The lowest BCUT2D eigenvalue weighted by Crippen LogP contribution is -2.54. The quantitative estimate of drug-likeness (QED) is 0.392. The van der Waals surface area contributed by atoms with Gasteiger partial charge in [-0.05, 0) is 63.4 Å². The van der Waals surface area contributed by atoms with Crippen LogP contribution in [0.2, 0.25) is 0 Å². The number of nitrogens with one attached hydrogen (secondary N) is 2. The number of carboxylic acid groups (broad SMARTS) is 1. The van der Waals surface area contributed by atoms with Crippen molar-refractivity contribution >= 4 is 49.6 Å². The van der Waals surface area contributed by atoms with Crippen molar-refractivity contribution in [2.24, 2.45) is 5.73 Å². The minimum atomic E-state index is -1.19. The van der Waals surface area contributed by atoms with Crippen LogP contribution >= 0.6 is 31.9 Å². The number of aliphatic carboxylic acids is 1. The van der Waals surface area contributed by atoms with Crippen LogP contribution in [0.15, 0.2) is 21.1 Å². The van der Waals surface area contributed by atoms with Gasteiger partial charge in [0.25, 0.3) is 0 Å². The molecule has 0 saturated heterocycles. The molecule has 0 bridgehead atoms. The molecule has 0 aliphatic heterocycles. The topological polar surface area (TPSA) is 142 Å². The summed E-state index contributed by atoms with van der Waals surface area (Å²) in [4.78, 5) is 35.1. The third-order valence-electron chi connectivity index (χ3n) is 3.29. The predicted octanol–water partition coefficient (Wildman–Crippen LogP) is 0.881. The average Bonchev–Trinajstić information content (AvgIpc) is 2.51. The Bertz CT molecular complexity index is 658. The Balaban J connectivity index is 3.03. The number of nitrogens with two attached hydrogens (primary N) is 1. The van der Waals surface area contributed by atoms with Gasteiger partial charge in [0.2, 0.25) is 11.8 Å². The van der Waals surface area contributed by atoms with Gasteiger partial charge in [-0.15, -0.1) is 0 Å². The number of hydrogen-bond donors (Lipinski definition) is 5. The Hall–Kier alpha value is -1.65. The third kappa shape index (κ3) is 6.29. The molecule has 0 fully saturated rings. The molecule has 0 aliphatic carbocycles. The largest absolute Gasteiger partial charge is 0.506 e. The van der Waals surface area contributed by atoms with Crippen LogP contribution in [-0.2, 0) is 20.8 Å². The van der Waals surface area contributed by atoms with E-state index in [2.05, 4.69) is 42.5 Å². The standard InChI is InChI=1S/C15H19Br2N3O5/c1-6(18)13(22)20-11(14(23)19-7(2)15(24)25)5-8-3-9(16)12(21)10(17)4-8/h3-4,6-7,11,21H,5,18H2,1-2H3,(H,19,23)(H,20,22)(H,24,25)/t6-,7-,11-/m0/s1. The van der Waals surface area contributed by atoms with Crippen LogP contribution in [-0.4, -0.2) is 46.1 Å². The lowest BCUT2D eigenvalue weighted by Gasteiger charge is -2.21. The summed E-state index contributed by atoms with van der Waals surface area (Å²) in [6.45, 7) is 2.79. The molecule has 1 aromatic rings. The number of benzene rings is 1.